The van der Waals surface area contributed by atoms with Crippen molar-refractivity contribution < 1.29 is 4.79 Å². The Morgan fingerprint density at radius 2 is 1.89 bits per heavy atom. The number of carbonyl (C=O) groups is 1. The van der Waals surface area contributed by atoms with Crippen molar-refractivity contribution in [1.82, 2.24) is 19.9 Å². The zero-order valence-corrected chi connectivity index (χ0v) is 15.0. The van der Waals surface area contributed by atoms with Crippen LogP contribution in [0, 0.1) is 0 Å². The zero-order chi connectivity index (χ0) is 19.4. The minimum atomic E-state index is -0.639. The van der Waals surface area contributed by atoms with Gasteiger partial charge in [-0.25, -0.2) is 20.8 Å². The van der Waals surface area contributed by atoms with E-state index in [0.717, 1.165) is 5.56 Å². The van der Waals surface area contributed by atoms with Crippen molar-refractivity contribution in [2.75, 3.05) is 10.3 Å². The van der Waals surface area contributed by atoms with Crippen molar-refractivity contribution in [3.8, 4) is 11.4 Å². The van der Waals surface area contributed by atoms with E-state index in [1.54, 1.807) is 18.5 Å². The summed E-state index contributed by atoms with van der Waals surface area (Å²) in [5.74, 6) is 6.48. The lowest BCUT2D eigenvalue weighted by Gasteiger charge is -2.21. The molecule has 27 heavy (non-hydrogen) atoms. The Hall–Kier alpha value is -3.59. The maximum Gasteiger partial charge on any atom is 0.254 e. The first-order valence-corrected chi connectivity index (χ1v) is 8.31. The van der Waals surface area contributed by atoms with Crippen LogP contribution in [0.2, 0.25) is 0 Å². The quantitative estimate of drug-likeness (QED) is 0.445. The van der Waals surface area contributed by atoms with Gasteiger partial charge in [0.25, 0.3) is 5.91 Å². The number of benzene rings is 1. The van der Waals surface area contributed by atoms with Crippen molar-refractivity contribution >= 4 is 23.4 Å². The molecule has 9 heteroatoms. The largest absolute Gasteiger partial charge is 0.365 e. The molecule has 2 aromatic heterocycles. The van der Waals surface area contributed by atoms with E-state index in [-0.39, 0.29) is 23.4 Å². The summed E-state index contributed by atoms with van der Waals surface area (Å²) in [6.45, 7) is 3.81. The van der Waals surface area contributed by atoms with Gasteiger partial charge in [0, 0.05) is 35.9 Å². The summed E-state index contributed by atoms with van der Waals surface area (Å²) >= 11 is 0. The van der Waals surface area contributed by atoms with E-state index in [1.807, 2.05) is 38.1 Å². The first-order chi connectivity index (χ1) is 13.0. The number of anilines is 3. The summed E-state index contributed by atoms with van der Waals surface area (Å²) in [4.78, 5) is 28.7. The van der Waals surface area contributed by atoms with Crippen LogP contribution >= 0.6 is 0 Å². The summed E-state index contributed by atoms with van der Waals surface area (Å²) in [5, 5.41) is 4.52. The van der Waals surface area contributed by atoms with E-state index in [1.165, 1.54) is 11.2 Å². The normalized spacial score (nSPS) is 10.7. The summed E-state index contributed by atoms with van der Waals surface area (Å²) in [5.41, 5.74) is 7.13. The second kappa shape index (κ2) is 7.75. The van der Waals surface area contributed by atoms with Crippen LogP contribution < -0.4 is 21.9 Å². The third kappa shape index (κ3) is 4.15. The van der Waals surface area contributed by atoms with Gasteiger partial charge in [-0.15, -0.1) is 0 Å². The van der Waals surface area contributed by atoms with Crippen LogP contribution in [0.15, 0.2) is 48.9 Å². The van der Waals surface area contributed by atoms with Crippen LogP contribution in [0.25, 0.3) is 11.4 Å². The second-order valence-corrected chi connectivity index (χ2v) is 6.08. The van der Waals surface area contributed by atoms with Crippen molar-refractivity contribution in [3.05, 3.63) is 54.5 Å². The van der Waals surface area contributed by atoms with Crippen molar-refractivity contribution in [2.24, 2.45) is 11.6 Å². The summed E-state index contributed by atoms with van der Waals surface area (Å²) < 4.78 is 0. The third-order valence-electron chi connectivity index (χ3n) is 3.78. The summed E-state index contributed by atoms with van der Waals surface area (Å²) in [6.07, 6.45) is 4.71. The number of hydrogen-bond acceptors (Lipinski definition) is 8. The zero-order valence-electron chi connectivity index (χ0n) is 15.0. The lowest BCUT2D eigenvalue weighted by Crippen LogP contribution is -2.39. The van der Waals surface area contributed by atoms with Gasteiger partial charge >= 0.3 is 0 Å². The molecule has 3 rings (SSSR count). The van der Waals surface area contributed by atoms with Crippen LogP contribution in [0.4, 0.5) is 17.5 Å². The molecule has 0 atom stereocenters. The molecule has 0 saturated carbocycles. The van der Waals surface area contributed by atoms with Crippen LogP contribution in [-0.2, 0) is 0 Å². The second-order valence-electron chi connectivity index (χ2n) is 6.08. The SMILES string of the molecule is CC(C)N(N)c1ncc(C(N)=O)c(Nc2cccc(-c3ncccn3)c2)n1. The molecule has 0 bridgehead atoms. The number of hydrazine groups is 1. The number of nitrogens with two attached hydrogens (primary N) is 2. The van der Waals surface area contributed by atoms with E-state index < -0.39 is 5.91 Å². The molecule has 0 fully saturated rings. The first-order valence-electron chi connectivity index (χ1n) is 8.31. The molecular weight excluding hydrogens is 344 g/mol. The minimum absolute atomic E-state index is 0.0177. The minimum Gasteiger partial charge on any atom is -0.365 e. The molecule has 1 aromatic carbocycles. The predicted molar refractivity (Wildman–Crippen MR) is 103 cm³/mol. The highest BCUT2D eigenvalue weighted by Gasteiger charge is 2.16. The molecule has 0 aliphatic heterocycles. The van der Waals surface area contributed by atoms with Gasteiger partial charge in [-0.1, -0.05) is 12.1 Å². The van der Waals surface area contributed by atoms with E-state index in [4.69, 9.17) is 11.6 Å². The Balaban J connectivity index is 1.97. The lowest BCUT2D eigenvalue weighted by molar-refractivity contribution is 0.100. The Morgan fingerprint density at radius 3 is 2.56 bits per heavy atom. The van der Waals surface area contributed by atoms with Crippen LogP contribution in [0.5, 0.6) is 0 Å². The van der Waals surface area contributed by atoms with Gasteiger partial charge in [-0.2, -0.15) is 4.98 Å². The third-order valence-corrected chi connectivity index (χ3v) is 3.78. The molecule has 0 aliphatic rings. The highest BCUT2D eigenvalue weighted by atomic mass is 16.1. The van der Waals surface area contributed by atoms with Gasteiger partial charge < -0.3 is 11.1 Å². The predicted octanol–water partition coefficient (Wildman–Crippen LogP) is 1.86. The maximum absolute atomic E-state index is 11.8. The number of primary amides is 1. The van der Waals surface area contributed by atoms with Gasteiger partial charge in [-0.3, -0.25) is 9.80 Å². The number of nitrogens with zero attached hydrogens (tertiary/aromatic N) is 5. The number of rotatable bonds is 6. The van der Waals surface area contributed by atoms with Gasteiger partial charge in [-0.05, 0) is 32.0 Å². The average molecular weight is 364 g/mol. The van der Waals surface area contributed by atoms with E-state index in [2.05, 4.69) is 25.3 Å². The van der Waals surface area contributed by atoms with Gasteiger partial charge in [0.15, 0.2) is 5.82 Å². The van der Waals surface area contributed by atoms with Crippen LogP contribution in [0.1, 0.15) is 24.2 Å². The average Bonchev–Trinajstić information content (AvgIpc) is 2.68. The van der Waals surface area contributed by atoms with Crippen molar-refractivity contribution in [1.29, 1.82) is 0 Å². The molecule has 3 aromatic rings. The molecule has 0 spiro atoms. The fourth-order valence-electron chi connectivity index (χ4n) is 2.32. The number of nitrogens with one attached hydrogen (secondary N) is 1. The summed E-state index contributed by atoms with van der Waals surface area (Å²) in [7, 11) is 0. The van der Waals surface area contributed by atoms with Crippen LogP contribution in [-0.4, -0.2) is 31.9 Å². The van der Waals surface area contributed by atoms with E-state index in [0.29, 0.717) is 11.5 Å². The Bertz CT molecular complexity index is 945. The number of carbonyl (C=O) groups excluding carboxylic acids is 1. The van der Waals surface area contributed by atoms with Crippen molar-refractivity contribution in [2.45, 2.75) is 19.9 Å². The van der Waals surface area contributed by atoms with Crippen LogP contribution in [0.3, 0.4) is 0 Å². The molecular formula is C18H20N8O. The van der Waals surface area contributed by atoms with Gasteiger partial charge in [0.1, 0.15) is 11.4 Å². The van der Waals surface area contributed by atoms with E-state index >= 15 is 0 Å². The number of amides is 1. The topological polar surface area (TPSA) is 136 Å². The molecule has 138 valence electrons. The molecule has 0 aliphatic carbocycles. The Labute approximate surface area is 156 Å². The molecule has 1 amide bonds. The molecule has 2 heterocycles. The fraction of sp³-hybridized carbons (Fsp3) is 0.167. The number of aromatic nitrogens is 4. The monoisotopic (exact) mass is 364 g/mol. The Morgan fingerprint density at radius 1 is 1.15 bits per heavy atom. The Kier molecular flexibility index (Phi) is 5.23. The molecule has 5 N–H and O–H groups in total. The standard InChI is InChI=1S/C18H20N8O/c1-11(2)26(20)18-23-10-14(15(19)27)17(25-18)24-13-6-3-5-12(9-13)16-21-7-4-8-22-16/h3-11H,20H2,1-2H3,(H2,19,27)(H,23,24,25). The highest BCUT2D eigenvalue weighted by Crippen LogP contribution is 2.24. The highest BCUT2D eigenvalue weighted by molar-refractivity contribution is 5.98. The van der Waals surface area contributed by atoms with Gasteiger partial charge in [0.05, 0.1) is 0 Å². The fourth-order valence-corrected chi connectivity index (χ4v) is 2.32. The molecule has 9 nitrogen and oxygen atoms in total. The maximum atomic E-state index is 11.8. The summed E-state index contributed by atoms with van der Waals surface area (Å²) in [6, 6.07) is 9.16. The number of hydrogen-bond donors (Lipinski definition) is 3. The smallest absolute Gasteiger partial charge is 0.254 e. The van der Waals surface area contributed by atoms with E-state index in [9.17, 15) is 4.79 Å². The first kappa shape index (κ1) is 18.2. The lowest BCUT2D eigenvalue weighted by atomic mass is 10.2. The molecule has 0 radical (unpaired) electrons. The van der Waals surface area contributed by atoms with Crippen molar-refractivity contribution in [3.63, 3.8) is 0 Å². The molecule has 0 unspecified atom stereocenters. The van der Waals surface area contributed by atoms with Gasteiger partial charge in [0.2, 0.25) is 5.95 Å². The molecule has 0 saturated heterocycles.